The lowest BCUT2D eigenvalue weighted by Crippen LogP contribution is -2.36. The van der Waals surface area contributed by atoms with Crippen LogP contribution in [0.2, 0.25) is 10.0 Å². The van der Waals surface area contributed by atoms with Crippen molar-refractivity contribution in [1.29, 1.82) is 0 Å². The molecule has 8 heteroatoms. The summed E-state index contributed by atoms with van der Waals surface area (Å²) in [5.41, 5.74) is 1.48. The van der Waals surface area contributed by atoms with Crippen molar-refractivity contribution >= 4 is 51.5 Å². The lowest BCUT2D eigenvalue weighted by Gasteiger charge is -2.26. The number of carbonyl (C=O) groups is 2. The van der Waals surface area contributed by atoms with Gasteiger partial charge < -0.3 is 10.4 Å². The highest BCUT2D eigenvalue weighted by Gasteiger charge is 2.35. The fraction of sp³-hybridized carbons (Fsp3) is 0.353. The van der Waals surface area contributed by atoms with Gasteiger partial charge in [-0.2, -0.15) is 0 Å². The largest absolute Gasteiger partial charge is 0.481 e. The lowest BCUT2D eigenvalue weighted by atomic mass is 9.79. The Morgan fingerprint density at radius 1 is 1.16 bits per heavy atom. The number of halogens is 2. The maximum Gasteiger partial charge on any atom is 0.307 e. The van der Waals surface area contributed by atoms with Gasteiger partial charge in [-0.3, -0.25) is 9.59 Å². The van der Waals surface area contributed by atoms with E-state index in [1.165, 1.54) is 11.3 Å². The molecule has 1 aromatic heterocycles. The van der Waals surface area contributed by atoms with Crippen molar-refractivity contribution in [3.05, 3.63) is 33.6 Å². The third-order valence-electron chi connectivity index (χ3n) is 4.37. The molecule has 0 aliphatic heterocycles. The molecule has 1 aliphatic rings. The first-order valence-electron chi connectivity index (χ1n) is 7.90. The molecule has 3 rings (SSSR count). The number of amides is 1. The van der Waals surface area contributed by atoms with E-state index in [2.05, 4.69) is 10.3 Å². The number of carboxylic acid groups (broad SMARTS) is 1. The van der Waals surface area contributed by atoms with E-state index in [9.17, 15) is 14.7 Å². The van der Waals surface area contributed by atoms with Crippen LogP contribution in [0.4, 0.5) is 5.13 Å². The van der Waals surface area contributed by atoms with Gasteiger partial charge in [0, 0.05) is 10.9 Å². The van der Waals surface area contributed by atoms with Crippen LogP contribution < -0.4 is 5.32 Å². The molecule has 1 fully saturated rings. The first-order chi connectivity index (χ1) is 12.0. The first kappa shape index (κ1) is 18.2. The van der Waals surface area contributed by atoms with Gasteiger partial charge in [0.25, 0.3) is 0 Å². The van der Waals surface area contributed by atoms with Gasteiger partial charge in [0.1, 0.15) is 0 Å². The SMILES string of the molecule is O=C(O)[C@H]1CCCC[C@H]1C(=O)Nc1nc(-c2ccc(Cl)c(Cl)c2)cs1. The summed E-state index contributed by atoms with van der Waals surface area (Å²) >= 11 is 13.2. The molecule has 1 aromatic carbocycles. The Labute approximate surface area is 159 Å². The molecule has 0 bridgehead atoms. The summed E-state index contributed by atoms with van der Waals surface area (Å²) in [5.74, 6) is -2.32. The van der Waals surface area contributed by atoms with Gasteiger partial charge in [-0.1, -0.05) is 42.1 Å². The van der Waals surface area contributed by atoms with Crippen molar-refractivity contribution in [2.24, 2.45) is 11.8 Å². The van der Waals surface area contributed by atoms with Crippen molar-refractivity contribution in [3.63, 3.8) is 0 Å². The quantitative estimate of drug-likeness (QED) is 0.763. The maximum atomic E-state index is 12.5. The number of nitrogens with zero attached hydrogens (tertiary/aromatic N) is 1. The molecule has 1 heterocycles. The zero-order chi connectivity index (χ0) is 18.0. The van der Waals surface area contributed by atoms with E-state index in [0.717, 1.165) is 18.4 Å². The van der Waals surface area contributed by atoms with Crippen LogP contribution in [-0.4, -0.2) is 22.0 Å². The van der Waals surface area contributed by atoms with Gasteiger partial charge in [0.2, 0.25) is 5.91 Å². The predicted octanol–water partition coefficient (Wildman–Crippen LogP) is 4.95. The molecule has 2 N–H and O–H groups in total. The van der Waals surface area contributed by atoms with Gasteiger partial charge in [-0.15, -0.1) is 11.3 Å². The summed E-state index contributed by atoms with van der Waals surface area (Å²) in [6.07, 6.45) is 2.85. The second-order valence-electron chi connectivity index (χ2n) is 5.99. The van der Waals surface area contributed by atoms with Crippen LogP contribution in [0.3, 0.4) is 0 Å². The molecule has 1 aliphatic carbocycles. The molecule has 2 atom stereocenters. The molecule has 2 aromatic rings. The Balaban J connectivity index is 1.73. The number of nitrogens with one attached hydrogen (secondary N) is 1. The number of hydrogen-bond donors (Lipinski definition) is 2. The average molecular weight is 399 g/mol. The van der Waals surface area contributed by atoms with Gasteiger partial charge in [0.05, 0.1) is 27.6 Å². The topological polar surface area (TPSA) is 79.3 Å². The van der Waals surface area contributed by atoms with Crippen LogP contribution in [0.1, 0.15) is 25.7 Å². The smallest absolute Gasteiger partial charge is 0.307 e. The highest BCUT2D eigenvalue weighted by Crippen LogP contribution is 2.33. The minimum atomic E-state index is -0.907. The van der Waals surface area contributed by atoms with Gasteiger partial charge >= 0.3 is 5.97 Å². The molecule has 0 unspecified atom stereocenters. The third-order valence-corrected chi connectivity index (χ3v) is 5.87. The average Bonchev–Trinajstić information content (AvgIpc) is 3.05. The fourth-order valence-electron chi connectivity index (χ4n) is 3.06. The van der Waals surface area contributed by atoms with Crippen LogP contribution in [0.15, 0.2) is 23.6 Å². The number of hydrogen-bond acceptors (Lipinski definition) is 4. The Morgan fingerprint density at radius 2 is 1.88 bits per heavy atom. The summed E-state index contributed by atoms with van der Waals surface area (Å²) < 4.78 is 0. The lowest BCUT2D eigenvalue weighted by molar-refractivity contribution is -0.147. The normalized spacial score (nSPS) is 20.2. The maximum absolute atomic E-state index is 12.5. The number of anilines is 1. The Morgan fingerprint density at radius 3 is 2.56 bits per heavy atom. The van der Waals surface area contributed by atoms with E-state index in [0.29, 0.717) is 33.7 Å². The zero-order valence-electron chi connectivity index (χ0n) is 13.2. The molecule has 5 nitrogen and oxygen atoms in total. The van der Waals surface area contributed by atoms with Crippen LogP contribution in [0, 0.1) is 11.8 Å². The molecule has 1 saturated carbocycles. The Kier molecular flexibility index (Phi) is 5.61. The Bertz CT molecular complexity index is 809. The minimum absolute atomic E-state index is 0.276. The molecule has 25 heavy (non-hydrogen) atoms. The number of carbonyl (C=O) groups excluding carboxylic acids is 1. The molecule has 0 saturated heterocycles. The summed E-state index contributed by atoms with van der Waals surface area (Å²) in [6.45, 7) is 0. The molecule has 0 spiro atoms. The molecule has 132 valence electrons. The second-order valence-corrected chi connectivity index (χ2v) is 7.66. The number of aromatic nitrogens is 1. The minimum Gasteiger partial charge on any atom is -0.481 e. The summed E-state index contributed by atoms with van der Waals surface area (Å²) in [5, 5.41) is 15.2. The molecule has 0 radical (unpaired) electrons. The van der Waals surface area contributed by atoms with Gasteiger partial charge in [0.15, 0.2) is 5.13 Å². The summed E-state index contributed by atoms with van der Waals surface area (Å²) in [4.78, 5) is 28.2. The van der Waals surface area contributed by atoms with Crippen molar-refractivity contribution < 1.29 is 14.7 Å². The van der Waals surface area contributed by atoms with E-state index < -0.39 is 17.8 Å². The highest BCUT2D eigenvalue weighted by atomic mass is 35.5. The number of rotatable bonds is 4. The summed E-state index contributed by atoms with van der Waals surface area (Å²) in [7, 11) is 0. The van der Waals surface area contributed by atoms with Crippen LogP contribution in [-0.2, 0) is 9.59 Å². The van der Waals surface area contributed by atoms with E-state index in [1.54, 1.807) is 18.2 Å². The van der Waals surface area contributed by atoms with E-state index >= 15 is 0 Å². The highest BCUT2D eigenvalue weighted by molar-refractivity contribution is 7.14. The monoisotopic (exact) mass is 398 g/mol. The second kappa shape index (κ2) is 7.72. The molecular weight excluding hydrogens is 383 g/mol. The van der Waals surface area contributed by atoms with Crippen LogP contribution in [0.5, 0.6) is 0 Å². The van der Waals surface area contributed by atoms with Crippen molar-refractivity contribution in [2.75, 3.05) is 5.32 Å². The molecule has 1 amide bonds. The van der Waals surface area contributed by atoms with Crippen molar-refractivity contribution in [2.45, 2.75) is 25.7 Å². The number of benzene rings is 1. The number of thiazole rings is 1. The fourth-order valence-corrected chi connectivity index (χ4v) is 4.08. The van der Waals surface area contributed by atoms with Crippen molar-refractivity contribution in [1.82, 2.24) is 4.98 Å². The van der Waals surface area contributed by atoms with Crippen LogP contribution >= 0.6 is 34.5 Å². The van der Waals surface area contributed by atoms with E-state index in [-0.39, 0.29) is 5.91 Å². The summed E-state index contributed by atoms with van der Waals surface area (Å²) in [6, 6.07) is 5.21. The van der Waals surface area contributed by atoms with Gasteiger partial charge in [-0.05, 0) is 25.0 Å². The molecular formula is C17H16Cl2N2O3S. The third kappa shape index (κ3) is 4.14. The van der Waals surface area contributed by atoms with Crippen molar-refractivity contribution in [3.8, 4) is 11.3 Å². The number of carboxylic acids is 1. The van der Waals surface area contributed by atoms with Crippen LogP contribution in [0.25, 0.3) is 11.3 Å². The standard InChI is InChI=1S/C17H16Cl2N2O3S/c18-12-6-5-9(7-13(12)19)14-8-25-17(20-14)21-15(22)10-3-1-2-4-11(10)16(23)24/h5-8,10-11H,1-4H2,(H,23,24)(H,20,21,22)/t10-,11+/m1/s1. The zero-order valence-corrected chi connectivity index (χ0v) is 15.5. The van der Waals surface area contributed by atoms with Gasteiger partial charge in [-0.25, -0.2) is 4.98 Å². The van der Waals surface area contributed by atoms with E-state index in [4.69, 9.17) is 23.2 Å². The van der Waals surface area contributed by atoms with E-state index in [1.807, 2.05) is 5.38 Å². The Hall–Kier alpha value is -1.63. The first-order valence-corrected chi connectivity index (χ1v) is 9.54. The predicted molar refractivity (Wildman–Crippen MR) is 99.3 cm³/mol. The number of aliphatic carboxylic acids is 1.